The number of fused-ring (bicyclic) bond motifs is 4. The van der Waals surface area contributed by atoms with Crippen LogP contribution in [0.3, 0.4) is 0 Å². The summed E-state index contributed by atoms with van der Waals surface area (Å²) in [5.41, 5.74) is 3.32. The number of carboxylic acids is 2. The predicted octanol–water partition coefficient (Wildman–Crippen LogP) is 8.44. The van der Waals surface area contributed by atoms with Crippen molar-refractivity contribution in [2.24, 2.45) is 10.8 Å². The van der Waals surface area contributed by atoms with E-state index in [-0.39, 0.29) is 48.8 Å². The number of aliphatic carboxylic acids is 2. The molecule has 6 atom stereocenters. The molecular formula is C50H56O12. The van der Waals surface area contributed by atoms with Gasteiger partial charge in [0.05, 0.1) is 51.8 Å². The number of aryl methyl sites for hydroxylation is 2. The van der Waals surface area contributed by atoms with Gasteiger partial charge < -0.3 is 38.6 Å². The van der Waals surface area contributed by atoms with Crippen molar-refractivity contribution in [1.29, 1.82) is 0 Å². The summed E-state index contributed by atoms with van der Waals surface area (Å²) in [5.74, 6) is -0.292. The molecule has 4 aliphatic heterocycles. The van der Waals surface area contributed by atoms with Crippen LogP contribution in [0.4, 0.5) is 0 Å². The summed E-state index contributed by atoms with van der Waals surface area (Å²) >= 11 is 0. The van der Waals surface area contributed by atoms with Crippen molar-refractivity contribution in [1.82, 2.24) is 0 Å². The Kier molecular flexibility index (Phi) is 13.7. The fraction of sp³-hybridized carbons (Fsp3) is 0.440. The molecule has 328 valence electrons. The summed E-state index contributed by atoms with van der Waals surface area (Å²) in [6.45, 7) is 4.98. The molecule has 4 fully saturated rings. The first-order chi connectivity index (χ1) is 29.8. The fourth-order valence-electron chi connectivity index (χ4n) is 9.57. The van der Waals surface area contributed by atoms with Crippen LogP contribution in [0.5, 0.6) is 23.0 Å². The number of Topliss-reactive ketones (excluding diaryl/α,β-unsaturated/α-hetero) is 2. The van der Waals surface area contributed by atoms with E-state index in [1.807, 2.05) is 38.1 Å². The van der Waals surface area contributed by atoms with E-state index < -0.39 is 22.8 Å². The Hall–Kier alpha value is -5.72. The average Bonchev–Trinajstić information content (AvgIpc) is 4.07. The number of methoxy groups -OCH3 is 2. The standard InChI is InChI=1S/2C25H28O6/c2*1-16-4-3-5-17(12-16)10-11-30-22-13-18(6-8-21(22)29-2)20(26)15-25(24(27)28)14-19-7-9-23(25)31-19/h2*3-6,8,12-13,19,23H,7,9-11,14-15H2,1-2H3,(H,27,28)/t2*19-,23+,25-/m10/s1. The van der Waals surface area contributed by atoms with Crippen molar-refractivity contribution in [2.45, 2.75) is 102 Å². The van der Waals surface area contributed by atoms with Gasteiger partial charge in [-0.05, 0) is 99.9 Å². The Balaban J connectivity index is 0.000000186. The smallest absolute Gasteiger partial charge is 0.312 e. The van der Waals surface area contributed by atoms with Gasteiger partial charge in [0, 0.05) is 36.8 Å². The fourth-order valence-corrected chi connectivity index (χ4v) is 9.57. The maximum absolute atomic E-state index is 13.1. The van der Waals surface area contributed by atoms with Crippen molar-refractivity contribution >= 4 is 23.5 Å². The van der Waals surface area contributed by atoms with E-state index in [2.05, 4.69) is 24.3 Å². The highest BCUT2D eigenvalue weighted by Crippen LogP contribution is 2.52. The van der Waals surface area contributed by atoms with Gasteiger partial charge in [-0.2, -0.15) is 0 Å². The highest BCUT2D eigenvalue weighted by atomic mass is 16.5. The molecule has 0 spiro atoms. The number of carbonyl (C=O) groups is 4. The molecule has 4 aromatic rings. The molecule has 12 heteroatoms. The van der Waals surface area contributed by atoms with Crippen molar-refractivity contribution in [3.8, 4) is 23.0 Å². The van der Waals surface area contributed by atoms with E-state index in [4.69, 9.17) is 28.4 Å². The molecule has 0 aliphatic carbocycles. The van der Waals surface area contributed by atoms with Crippen molar-refractivity contribution in [3.63, 3.8) is 0 Å². The Morgan fingerprint density at radius 1 is 0.581 bits per heavy atom. The van der Waals surface area contributed by atoms with Gasteiger partial charge in [-0.1, -0.05) is 59.7 Å². The first-order valence-corrected chi connectivity index (χ1v) is 21.4. The number of carboxylic acid groups (broad SMARTS) is 2. The molecule has 8 rings (SSSR count). The van der Waals surface area contributed by atoms with Crippen LogP contribution >= 0.6 is 0 Å². The van der Waals surface area contributed by atoms with E-state index in [9.17, 15) is 29.4 Å². The van der Waals surface area contributed by atoms with Crippen molar-refractivity contribution < 1.29 is 57.8 Å². The van der Waals surface area contributed by atoms with E-state index in [1.165, 1.54) is 22.3 Å². The second-order valence-electron chi connectivity index (χ2n) is 17.1. The van der Waals surface area contributed by atoms with Gasteiger partial charge in [0.1, 0.15) is 10.8 Å². The molecule has 4 bridgehead atoms. The first-order valence-electron chi connectivity index (χ1n) is 21.4. The molecule has 0 saturated carbocycles. The minimum absolute atomic E-state index is 0.0507. The number of benzene rings is 4. The summed E-state index contributed by atoms with van der Waals surface area (Å²) in [6, 6.07) is 26.5. The summed E-state index contributed by atoms with van der Waals surface area (Å²) in [7, 11) is 3.10. The summed E-state index contributed by atoms with van der Waals surface area (Å²) < 4.78 is 34.2. The first kappa shape index (κ1) is 44.3. The molecule has 4 aromatic carbocycles. The number of hydrogen-bond acceptors (Lipinski definition) is 10. The van der Waals surface area contributed by atoms with E-state index >= 15 is 0 Å². The molecule has 0 unspecified atom stereocenters. The third kappa shape index (κ3) is 9.66. The van der Waals surface area contributed by atoms with Crippen LogP contribution in [-0.2, 0) is 31.9 Å². The van der Waals surface area contributed by atoms with Gasteiger partial charge in [-0.25, -0.2) is 0 Å². The zero-order valence-electron chi connectivity index (χ0n) is 35.9. The van der Waals surface area contributed by atoms with Crippen LogP contribution in [0.15, 0.2) is 84.9 Å². The predicted molar refractivity (Wildman–Crippen MR) is 230 cm³/mol. The van der Waals surface area contributed by atoms with E-state index in [0.29, 0.717) is 73.0 Å². The van der Waals surface area contributed by atoms with Gasteiger partial charge >= 0.3 is 11.9 Å². The summed E-state index contributed by atoms with van der Waals surface area (Å²) in [4.78, 5) is 50.3. The zero-order chi connectivity index (χ0) is 44.0. The molecule has 0 amide bonds. The molecular weight excluding hydrogens is 793 g/mol. The molecule has 62 heavy (non-hydrogen) atoms. The van der Waals surface area contributed by atoms with Crippen LogP contribution in [0.25, 0.3) is 0 Å². The van der Waals surface area contributed by atoms with E-state index in [0.717, 1.165) is 25.7 Å². The topological polar surface area (TPSA) is 164 Å². The minimum atomic E-state index is -1.13. The number of rotatable bonds is 18. The van der Waals surface area contributed by atoms with Gasteiger partial charge in [-0.15, -0.1) is 0 Å². The van der Waals surface area contributed by atoms with Crippen molar-refractivity contribution in [3.05, 3.63) is 118 Å². The number of ether oxygens (including phenoxy) is 6. The quantitative estimate of drug-likeness (QED) is 0.0920. The molecule has 0 radical (unpaired) electrons. The lowest BCUT2D eigenvalue weighted by Gasteiger charge is -2.30. The largest absolute Gasteiger partial charge is 0.493 e. The van der Waals surface area contributed by atoms with Gasteiger partial charge in [0.15, 0.2) is 34.6 Å². The second kappa shape index (κ2) is 19.1. The van der Waals surface area contributed by atoms with Crippen molar-refractivity contribution in [2.75, 3.05) is 27.4 Å². The van der Waals surface area contributed by atoms with Crippen LogP contribution in [0.1, 0.15) is 94.3 Å². The number of carbonyl (C=O) groups excluding carboxylic acids is 2. The minimum Gasteiger partial charge on any atom is -0.493 e. The average molecular weight is 849 g/mol. The lowest BCUT2D eigenvalue weighted by atomic mass is 9.70. The highest BCUT2D eigenvalue weighted by molar-refractivity contribution is 6.00. The van der Waals surface area contributed by atoms with E-state index in [1.54, 1.807) is 50.6 Å². The van der Waals surface area contributed by atoms with Crippen LogP contribution in [0, 0.1) is 24.7 Å². The molecule has 2 N–H and O–H groups in total. The van der Waals surface area contributed by atoms with Gasteiger partial charge in [0.25, 0.3) is 0 Å². The third-order valence-electron chi connectivity index (χ3n) is 12.9. The van der Waals surface area contributed by atoms with Crippen LogP contribution < -0.4 is 18.9 Å². The van der Waals surface area contributed by atoms with Crippen LogP contribution in [0.2, 0.25) is 0 Å². The number of hydrogen-bond donors (Lipinski definition) is 2. The normalized spacial score (nSPS) is 24.2. The maximum atomic E-state index is 13.1. The Morgan fingerprint density at radius 2 is 1.00 bits per heavy atom. The molecule has 12 nitrogen and oxygen atoms in total. The zero-order valence-corrected chi connectivity index (χ0v) is 35.9. The van der Waals surface area contributed by atoms with Gasteiger partial charge in [-0.3, -0.25) is 19.2 Å². The van der Waals surface area contributed by atoms with Crippen LogP contribution in [-0.4, -0.2) is 85.6 Å². The maximum Gasteiger partial charge on any atom is 0.312 e. The highest BCUT2D eigenvalue weighted by Gasteiger charge is 2.59. The lowest BCUT2D eigenvalue weighted by Crippen LogP contribution is -2.42. The molecule has 4 heterocycles. The summed E-state index contributed by atoms with van der Waals surface area (Å²) in [6.07, 6.45) is 4.36. The Labute approximate surface area is 362 Å². The Morgan fingerprint density at radius 3 is 1.32 bits per heavy atom. The van der Waals surface area contributed by atoms with Gasteiger partial charge in [0.2, 0.25) is 0 Å². The molecule has 4 aliphatic rings. The number of ketones is 2. The monoisotopic (exact) mass is 848 g/mol. The Bertz CT molecular complexity index is 2130. The lowest BCUT2D eigenvalue weighted by molar-refractivity contribution is -0.153. The molecule has 0 aromatic heterocycles. The molecule has 4 saturated heterocycles. The second-order valence-corrected chi connectivity index (χ2v) is 17.1. The summed E-state index contributed by atoms with van der Waals surface area (Å²) in [5, 5.41) is 19.8. The SMILES string of the molecule is COc1ccc(C(=O)C[C@@]2(C(=O)O)C[C@@H]3CC[C@H]2O3)cc1OCCc1cccc(C)c1.COc1ccc(C(=O)C[C@]2(C(=O)O)C[C@H]3CC[C@@H]2O3)cc1OCCc1cccc(C)c1. The third-order valence-corrected chi connectivity index (χ3v) is 12.9.